The van der Waals surface area contributed by atoms with E-state index in [1.807, 2.05) is 11.8 Å². The largest absolute Gasteiger partial charge is 0.480 e. The number of hydrogen-bond acceptors (Lipinski definition) is 5. The van der Waals surface area contributed by atoms with E-state index in [0.29, 0.717) is 24.2 Å². The molecule has 2 aliphatic rings. The number of aryl methyl sites for hydroxylation is 2. The van der Waals surface area contributed by atoms with Crippen molar-refractivity contribution in [3.8, 4) is 0 Å². The van der Waals surface area contributed by atoms with E-state index in [9.17, 15) is 9.59 Å². The van der Waals surface area contributed by atoms with E-state index in [-0.39, 0.29) is 30.3 Å². The van der Waals surface area contributed by atoms with Crippen molar-refractivity contribution in [2.24, 2.45) is 7.05 Å². The van der Waals surface area contributed by atoms with Crippen molar-refractivity contribution in [2.75, 3.05) is 20.3 Å². The molecule has 138 valence electrons. The smallest absolute Gasteiger partial charge is 0.329 e. The zero-order chi connectivity index (χ0) is 18.2. The zero-order valence-corrected chi connectivity index (χ0v) is 14.9. The molecule has 0 radical (unpaired) electrons. The van der Waals surface area contributed by atoms with Gasteiger partial charge in [0.15, 0.2) is 0 Å². The molecule has 25 heavy (non-hydrogen) atoms. The monoisotopic (exact) mass is 351 g/mol. The molecule has 8 nitrogen and oxygen atoms in total. The van der Waals surface area contributed by atoms with Gasteiger partial charge in [-0.25, -0.2) is 4.79 Å². The highest BCUT2D eigenvalue weighted by Crippen LogP contribution is 2.43. The van der Waals surface area contributed by atoms with E-state index >= 15 is 0 Å². The first-order chi connectivity index (χ1) is 11.9. The molecule has 0 spiro atoms. The van der Waals surface area contributed by atoms with Crippen LogP contribution in [-0.2, 0) is 21.3 Å². The average molecular weight is 351 g/mol. The van der Waals surface area contributed by atoms with Crippen LogP contribution in [0.5, 0.6) is 0 Å². The molecule has 1 aliphatic heterocycles. The SMILES string of the molecule is CO[C@@]12CC[C@H](OCC(=O)O)C[C@@H]1N(C(=O)c1cn(C)nc1C)CC2. The zero-order valence-electron chi connectivity index (χ0n) is 14.9. The lowest BCUT2D eigenvalue weighted by atomic mass is 9.79. The molecule has 2 heterocycles. The quantitative estimate of drug-likeness (QED) is 0.850. The minimum absolute atomic E-state index is 0.0478. The van der Waals surface area contributed by atoms with Crippen molar-refractivity contribution in [3.05, 3.63) is 17.5 Å². The lowest BCUT2D eigenvalue weighted by Crippen LogP contribution is -2.53. The maximum absolute atomic E-state index is 13.0. The van der Waals surface area contributed by atoms with Crippen LogP contribution >= 0.6 is 0 Å². The first-order valence-corrected chi connectivity index (χ1v) is 8.56. The second-order valence-corrected chi connectivity index (χ2v) is 6.94. The molecule has 1 saturated carbocycles. The van der Waals surface area contributed by atoms with Crippen LogP contribution in [0, 0.1) is 6.92 Å². The molecular formula is C17H25N3O5. The topological polar surface area (TPSA) is 93.9 Å². The van der Waals surface area contributed by atoms with E-state index in [1.54, 1.807) is 25.0 Å². The molecule has 0 unspecified atom stereocenters. The van der Waals surface area contributed by atoms with Crippen molar-refractivity contribution in [1.82, 2.24) is 14.7 Å². The van der Waals surface area contributed by atoms with Gasteiger partial charge >= 0.3 is 5.97 Å². The summed E-state index contributed by atoms with van der Waals surface area (Å²) in [5, 5.41) is 13.1. The number of methoxy groups -OCH3 is 1. The Bertz CT molecular complexity index is 673. The number of hydrogen-bond donors (Lipinski definition) is 1. The van der Waals surface area contributed by atoms with Gasteiger partial charge in [0, 0.05) is 26.9 Å². The van der Waals surface area contributed by atoms with Crippen LogP contribution in [-0.4, -0.2) is 69.7 Å². The van der Waals surface area contributed by atoms with Crippen molar-refractivity contribution in [1.29, 1.82) is 0 Å². The molecule has 1 aromatic heterocycles. The van der Waals surface area contributed by atoms with Gasteiger partial charge in [0.25, 0.3) is 5.91 Å². The highest BCUT2D eigenvalue weighted by molar-refractivity contribution is 5.95. The van der Waals surface area contributed by atoms with Gasteiger partial charge in [-0.2, -0.15) is 5.10 Å². The fraction of sp³-hybridized carbons (Fsp3) is 0.706. The number of aliphatic carboxylic acids is 1. The molecule has 0 bridgehead atoms. The van der Waals surface area contributed by atoms with E-state index < -0.39 is 5.97 Å². The van der Waals surface area contributed by atoms with Crippen LogP contribution in [0.15, 0.2) is 6.20 Å². The Hall–Kier alpha value is -1.93. The average Bonchev–Trinajstić information content (AvgIpc) is 3.12. The summed E-state index contributed by atoms with van der Waals surface area (Å²) >= 11 is 0. The molecule has 0 aromatic carbocycles. The summed E-state index contributed by atoms with van der Waals surface area (Å²) in [5.74, 6) is -1.03. The molecule has 1 saturated heterocycles. The van der Waals surface area contributed by atoms with Crippen LogP contribution in [0.4, 0.5) is 0 Å². The predicted octanol–water partition coefficient (Wildman–Crippen LogP) is 0.982. The highest BCUT2D eigenvalue weighted by Gasteiger charge is 2.53. The third kappa shape index (κ3) is 3.28. The van der Waals surface area contributed by atoms with Gasteiger partial charge in [-0.1, -0.05) is 0 Å². The molecule has 1 aliphatic carbocycles. The third-order valence-corrected chi connectivity index (χ3v) is 5.49. The third-order valence-electron chi connectivity index (χ3n) is 5.49. The summed E-state index contributed by atoms with van der Waals surface area (Å²) in [5.41, 5.74) is 0.939. The van der Waals surface area contributed by atoms with Crippen LogP contribution in [0.1, 0.15) is 41.7 Å². The van der Waals surface area contributed by atoms with Gasteiger partial charge in [-0.3, -0.25) is 9.48 Å². The molecule has 1 N–H and O–H groups in total. The van der Waals surface area contributed by atoms with Gasteiger partial charge in [0.2, 0.25) is 0 Å². The number of carbonyl (C=O) groups excluding carboxylic acids is 1. The number of amides is 1. The molecule has 1 aromatic rings. The molecule has 3 atom stereocenters. The minimum Gasteiger partial charge on any atom is -0.480 e. The number of carboxylic acids is 1. The number of carboxylic acid groups (broad SMARTS) is 1. The van der Waals surface area contributed by atoms with Crippen LogP contribution < -0.4 is 0 Å². The number of likely N-dealkylation sites (tertiary alicyclic amines) is 1. The van der Waals surface area contributed by atoms with Crippen molar-refractivity contribution >= 4 is 11.9 Å². The van der Waals surface area contributed by atoms with Gasteiger partial charge < -0.3 is 19.5 Å². The van der Waals surface area contributed by atoms with Gasteiger partial charge in [-0.15, -0.1) is 0 Å². The first-order valence-electron chi connectivity index (χ1n) is 8.56. The summed E-state index contributed by atoms with van der Waals surface area (Å²) in [6.07, 6.45) is 4.44. The number of nitrogens with zero attached hydrogens (tertiary/aromatic N) is 3. The Morgan fingerprint density at radius 1 is 1.44 bits per heavy atom. The summed E-state index contributed by atoms with van der Waals surface area (Å²) in [6, 6.07) is -0.114. The number of carbonyl (C=O) groups is 2. The second kappa shape index (κ2) is 6.76. The minimum atomic E-state index is -0.978. The van der Waals surface area contributed by atoms with Crippen LogP contribution in [0.2, 0.25) is 0 Å². The normalized spacial score (nSPS) is 28.8. The summed E-state index contributed by atoms with van der Waals surface area (Å²) in [4.78, 5) is 25.7. The lowest BCUT2D eigenvalue weighted by molar-refractivity contribution is -0.148. The Balaban J connectivity index is 1.80. The first kappa shape index (κ1) is 17.9. The van der Waals surface area contributed by atoms with Gasteiger partial charge in [0.05, 0.1) is 29.0 Å². The predicted molar refractivity (Wildman–Crippen MR) is 88.4 cm³/mol. The standard InChI is InChI=1S/C17H25N3O5/c1-11-13(9-19(2)18-11)16(23)20-7-6-17(24-3)5-4-12(8-14(17)20)25-10-15(21)22/h9,12,14H,4-8,10H2,1-3H3,(H,21,22)/t12-,14-,17+/m0/s1. The van der Waals surface area contributed by atoms with Crippen molar-refractivity contribution < 1.29 is 24.2 Å². The Labute approximate surface area is 146 Å². The highest BCUT2D eigenvalue weighted by atomic mass is 16.5. The lowest BCUT2D eigenvalue weighted by Gasteiger charge is -2.43. The van der Waals surface area contributed by atoms with Crippen molar-refractivity contribution in [2.45, 2.75) is 50.4 Å². The molecule has 1 amide bonds. The number of fused-ring (bicyclic) bond motifs is 1. The summed E-state index contributed by atoms with van der Waals surface area (Å²) < 4.78 is 13.0. The Morgan fingerprint density at radius 3 is 2.80 bits per heavy atom. The molecule has 8 heteroatoms. The van der Waals surface area contributed by atoms with Crippen LogP contribution in [0.25, 0.3) is 0 Å². The second-order valence-electron chi connectivity index (χ2n) is 6.94. The maximum Gasteiger partial charge on any atom is 0.329 e. The molecule has 3 rings (SSSR count). The van der Waals surface area contributed by atoms with E-state index in [2.05, 4.69) is 5.10 Å². The number of ether oxygens (including phenoxy) is 2. The summed E-state index contributed by atoms with van der Waals surface area (Å²) in [6.45, 7) is 2.14. The van der Waals surface area contributed by atoms with Crippen LogP contribution in [0.3, 0.4) is 0 Å². The van der Waals surface area contributed by atoms with Gasteiger partial charge in [0.1, 0.15) is 6.61 Å². The van der Waals surface area contributed by atoms with E-state index in [4.69, 9.17) is 14.6 Å². The summed E-state index contributed by atoms with van der Waals surface area (Å²) in [7, 11) is 3.48. The van der Waals surface area contributed by atoms with E-state index in [1.165, 1.54) is 0 Å². The van der Waals surface area contributed by atoms with E-state index in [0.717, 1.165) is 19.3 Å². The molecular weight excluding hydrogens is 326 g/mol. The fourth-order valence-corrected chi connectivity index (χ4v) is 4.21. The number of rotatable bonds is 5. The maximum atomic E-state index is 13.0. The molecule has 2 fully saturated rings. The van der Waals surface area contributed by atoms with Gasteiger partial charge in [-0.05, 0) is 32.6 Å². The fourth-order valence-electron chi connectivity index (χ4n) is 4.21. The van der Waals surface area contributed by atoms with Crippen molar-refractivity contribution in [3.63, 3.8) is 0 Å². The number of aromatic nitrogens is 2. The Morgan fingerprint density at radius 2 is 2.20 bits per heavy atom. The Kier molecular flexibility index (Phi) is 4.83.